The minimum Gasteiger partial charge on any atom is -0.399 e. The third-order valence-corrected chi connectivity index (χ3v) is 6.25. The van der Waals surface area contributed by atoms with Crippen molar-refractivity contribution in [1.82, 2.24) is 9.21 Å². The lowest BCUT2D eigenvalue weighted by Crippen LogP contribution is -2.52. The number of aryl methyl sites for hydroxylation is 1. The molecule has 1 fully saturated rings. The Labute approximate surface area is 127 Å². The van der Waals surface area contributed by atoms with Gasteiger partial charge >= 0.3 is 0 Å². The third-order valence-electron chi connectivity index (χ3n) is 4.30. The number of piperazine rings is 1. The van der Waals surface area contributed by atoms with Crippen LogP contribution >= 0.6 is 0 Å². The highest BCUT2D eigenvalue weighted by Gasteiger charge is 2.33. The van der Waals surface area contributed by atoms with E-state index in [1.165, 1.54) is 0 Å². The van der Waals surface area contributed by atoms with Crippen molar-refractivity contribution in [3.05, 3.63) is 23.8 Å². The molecule has 0 aliphatic carbocycles. The van der Waals surface area contributed by atoms with Gasteiger partial charge in [0, 0.05) is 31.4 Å². The molecule has 0 radical (unpaired) electrons. The number of sulfonamides is 1. The summed E-state index contributed by atoms with van der Waals surface area (Å²) in [4.78, 5) is 2.59. The molecule has 2 rings (SSSR count). The SMILES string of the molecule is CCc1ccc(N)cc1S(=O)(=O)N1CCN(C)C(CC)C1. The summed E-state index contributed by atoms with van der Waals surface area (Å²) in [5, 5.41) is 0. The van der Waals surface area contributed by atoms with E-state index in [9.17, 15) is 8.42 Å². The van der Waals surface area contributed by atoms with Crippen LogP contribution < -0.4 is 5.73 Å². The van der Waals surface area contributed by atoms with E-state index in [1.807, 2.05) is 13.0 Å². The minimum absolute atomic E-state index is 0.277. The van der Waals surface area contributed by atoms with Crippen molar-refractivity contribution >= 4 is 15.7 Å². The molecule has 6 heteroatoms. The molecule has 21 heavy (non-hydrogen) atoms. The topological polar surface area (TPSA) is 66.6 Å². The average Bonchev–Trinajstić information content (AvgIpc) is 2.47. The Hall–Kier alpha value is -1.11. The zero-order chi connectivity index (χ0) is 15.6. The second kappa shape index (κ2) is 6.34. The second-order valence-corrected chi connectivity index (χ2v) is 7.53. The Kier molecular flexibility index (Phi) is 4.91. The summed E-state index contributed by atoms with van der Waals surface area (Å²) in [6.45, 7) is 5.90. The van der Waals surface area contributed by atoms with E-state index in [-0.39, 0.29) is 6.04 Å². The number of nitrogens with two attached hydrogens (primary N) is 1. The lowest BCUT2D eigenvalue weighted by atomic mass is 10.1. The van der Waals surface area contributed by atoms with Crippen molar-refractivity contribution in [2.45, 2.75) is 37.6 Å². The molecule has 1 atom stereocenters. The van der Waals surface area contributed by atoms with Crippen LogP contribution in [0.4, 0.5) is 5.69 Å². The molecule has 0 bridgehead atoms. The van der Waals surface area contributed by atoms with Crippen LogP contribution in [0.25, 0.3) is 0 Å². The number of hydrogen-bond donors (Lipinski definition) is 1. The quantitative estimate of drug-likeness (QED) is 0.857. The van der Waals surface area contributed by atoms with Gasteiger partial charge in [0.15, 0.2) is 0 Å². The van der Waals surface area contributed by atoms with Crippen LogP contribution in [0, 0.1) is 0 Å². The van der Waals surface area contributed by atoms with Gasteiger partial charge < -0.3 is 10.6 Å². The van der Waals surface area contributed by atoms with Crippen molar-refractivity contribution < 1.29 is 8.42 Å². The molecule has 1 aliphatic rings. The van der Waals surface area contributed by atoms with Crippen molar-refractivity contribution in [3.8, 4) is 0 Å². The molecule has 2 N–H and O–H groups in total. The van der Waals surface area contributed by atoms with Crippen molar-refractivity contribution in [1.29, 1.82) is 0 Å². The lowest BCUT2D eigenvalue weighted by molar-refractivity contribution is 0.144. The molecular formula is C15H25N3O2S. The summed E-state index contributed by atoms with van der Waals surface area (Å²) in [6.07, 6.45) is 1.62. The van der Waals surface area contributed by atoms with Gasteiger partial charge in [-0.1, -0.05) is 19.9 Å². The first-order chi connectivity index (χ1) is 9.90. The van der Waals surface area contributed by atoms with Gasteiger partial charge in [-0.25, -0.2) is 8.42 Å². The molecule has 1 aliphatic heterocycles. The number of anilines is 1. The van der Waals surface area contributed by atoms with Crippen molar-refractivity contribution in [2.75, 3.05) is 32.4 Å². The molecule has 1 saturated heterocycles. The first-order valence-electron chi connectivity index (χ1n) is 7.49. The summed E-state index contributed by atoms with van der Waals surface area (Å²) in [7, 11) is -1.42. The van der Waals surface area contributed by atoms with Gasteiger partial charge in [0.05, 0.1) is 4.90 Å². The molecule has 1 unspecified atom stereocenters. The summed E-state index contributed by atoms with van der Waals surface area (Å²) >= 11 is 0. The number of likely N-dealkylation sites (N-methyl/N-ethyl adjacent to an activating group) is 1. The number of benzene rings is 1. The predicted molar refractivity (Wildman–Crippen MR) is 85.7 cm³/mol. The maximum atomic E-state index is 12.9. The van der Waals surface area contributed by atoms with E-state index in [1.54, 1.807) is 16.4 Å². The summed E-state index contributed by atoms with van der Waals surface area (Å²) in [5.41, 5.74) is 7.12. The van der Waals surface area contributed by atoms with Crippen LogP contribution in [0.2, 0.25) is 0 Å². The molecule has 118 valence electrons. The zero-order valence-corrected chi connectivity index (χ0v) is 13.9. The third kappa shape index (κ3) is 3.22. The Morgan fingerprint density at radius 1 is 1.29 bits per heavy atom. The van der Waals surface area contributed by atoms with Gasteiger partial charge in [0.1, 0.15) is 0 Å². The Morgan fingerprint density at radius 3 is 2.62 bits per heavy atom. The van der Waals surface area contributed by atoms with Crippen LogP contribution in [0.5, 0.6) is 0 Å². The Balaban J connectivity index is 2.36. The van der Waals surface area contributed by atoms with Gasteiger partial charge in [0.25, 0.3) is 0 Å². The van der Waals surface area contributed by atoms with E-state index in [0.717, 1.165) is 18.5 Å². The van der Waals surface area contributed by atoms with Crippen molar-refractivity contribution in [2.24, 2.45) is 0 Å². The molecule has 0 amide bonds. The van der Waals surface area contributed by atoms with E-state index in [2.05, 4.69) is 18.9 Å². The van der Waals surface area contributed by atoms with E-state index < -0.39 is 10.0 Å². The van der Waals surface area contributed by atoms with Gasteiger partial charge in [0.2, 0.25) is 10.0 Å². The molecule has 0 saturated carbocycles. The minimum atomic E-state index is -3.47. The summed E-state index contributed by atoms with van der Waals surface area (Å²) in [5.74, 6) is 0. The van der Waals surface area contributed by atoms with Gasteiger partial charge in [-0.2, -0.15) is 4.31 Å². The van der Waals surface area contributed by atoms with Gasteiger partial charge in [-0.05, 0) is 37.6 Å². The average molecular weight is 311 g/mol. The first kappa shape index (κ1) is 16.3. The largest absolute Gasteiger partial charge is 0.399 e. The molecular weight excluding hydrogens is 286 g/mol. The standard InChI is InChI=1S/C15H25N3O2S/c1-4-12-6-7-13(16)10-15(12)21(19,20)18-9-8-17(3)14(5-2)11-18/h6-7,10,14H,4-5,8-9,11,16H2,1-3H3. The normalized spacial score (nSPS) is 21.6. The highest BCUT2D eigenvalue weighted by molar-refractivity contribution is 7.89. The van der Waals surface area contributed by atoms with Crippen molar-refractivity contribution in [3.63, 3.8) is 0 Å². The lowest BCUT2D eigenvalue weighted by Gasteiger charge is -2.38. The van der Waals surface area contributed by atoms with Crippen LogP contribution in [-0.2, 0) is 16.4 Å². The highest BCUT2D eigenvalue weighted by atomic mass is 32.2. The fourth-order valence-electron chi connectivity index (χ4n) is 2.82. The van der Waals surface area contributed by atoms with Gasteiger partial charge in [-0.3, -0.25) is 0 Å². The fourth-order valence-corrected chi connectivity index (χ4v) is 4.62. The first-order valence-corrected chi connectivity index (χ1v) is 8.93. The Morgan fingerprint density at radius 2 is 2.00 bits per heavy atom. The van der Waals surface area contributed by atoms with Crippen LogP contribution in [0.3, 0.4) is 0 Å². The zero-order valence-electron chi connectivity index (χ0n) is 13.0. The summed E-state index contributed by atoms with van der Waals surface area (Å²) < 4.78 is 27.5. The maximum Gasteiger partial charge on any atom is 0.243 e. The molecule has 1 aromatic rings. The van der Waals surface area contributed by atoms with E-state index in [4.69, 9.17) is 5.73 Å². The van der Waals surface area contributed by atoms with Gasteiger partial charge in [-0.15, -0.1) is 0 Å². The van der Waals surface area contributed by atoms with E-state index in [0.29, 0.717) is 30.1 Å². The number of nitrogen functional groups attached to an aromatic ring is 1. The fraction of sp³-hybridized carbons (Fsp3) is 0.600. The second-order valence-electron chi connectivity index (χ2n) is 5.63. The maximum absolute atomic E-state index is 12.9. The number of nitrogens with zero attached hydrogens (tertiary/aromatic N) is 2. The molecule has 0 spiro atoms. The molecule has 0 aromatic heterocycles. The monoisotopic (exact) mass is 311 g/mol. The van der Waals surface area contributed by atoms with Crippen LogP contribution in [-0.4, -0.2) is 50.3 Å². The molecule has 1 heterocycles. The van der Waals surface area contributed by atoms with Crippen LogP contribution in [0.15, 0.2) is 23.1 Å². The predicted octanol–water partition coefficient (Wildman–Crippen LogP) is 1.55. The number of hydrogen-bond acceptors (Lipinski definition) is 4. The number of rotatable bonds is 4. The summed E-state index contributed by atoms with van der Waals surface area (Å²) in [6, 6.07) is 5.44. The van der Waals surface area contributed by atoms with E-state index >= 15 is 0 Å². The van der Waals surface area contributed by atoms with Crippen LogP contribution in [0.1, 0.15) is 25.8 Å². The Bertz CT molecular complexity index is 601. The molecule has 5 nitrogen and oxygen atoms in total. The highest BCUT2D eigenvalue weighted by Crippen LogP contribution is 2.25. The smallest absolute Gasteiger partial charge is 0.243 e. The molecule has 1 aromatic carbocycles.